The Hall–Kier alpha value is -0.560. The van der Waals surface area contributed by atoms with Crippen molar-refractivity contribution >= 4 is 41.5 Å². The fourth-order valence-electron chi connectivity index (χ4n) is 2.18. The first-order valence-corrected chi connectivity index (χ1v) is 6.79. The van der Waals surface area contributed by atoms with Gasteiger partial charge in [-0.25, -0.2) is 9.98 Å². The molecule has 1 aliphatic rings. The van der Waals surface area contributed by atoms with Crippen LogP contribution in [0.1, 0.15) is 37.7 Å². The predicted octanol–water partition coefficient (Wildman–Crippen LogP) is 3.09. The highest BCUT2D eigenvalue weighted by atomic mass is 127. The molecular weight excluding hydrogens is 375 g/mol. The van der Waals surface area contributed by atoms with Crippen molar-refractivity contribution in [2.45, 2.75) is 44.7 Å². The van der Waals surface area contributed by atoms with Crippen molar-refractivity contribution in [3.05, 3.63) is 29.0 Å². The number of rotatable bonds is 3. The molecule has 1 saturated carbocycles. The Balaban J connectivity index is 0.00000180. The first-order valence-electron chi connectivity index (χ1n) is 6.41. The lowest BCUT2D eigenvalue weighted by atomic mass is 9.96. The zero-order chi connectivity index (χ0) is 12.8. The molecule has 1 aliphatic carbocycles. The average molecular weight is 395 g/mol. The molecule has 19 heavy (non-hydrogen) atoms. The third-order valence-electron chi connectivity index (χ3n) is 3.18. The number of nitrogens with zero attached hydrogens (tertiary/aromatic N) is 2. The molecule has 3 N–H and O–H groups in total. The van der Waals surface area contributed by atoms with Gasteiger partial charge in [-0.2, -0.15) is 0 Å². The number of nitrogens with two attached hydrogens (primary N) is 1. The second kappa shape index (κ2) is 8.58. The zero-order valence-electron chi connectivity index (χ0n) is 10.8. The van der Waals surface area contributed by atoms with Crippen LogP contribution in [-0.4, -0.2) is 17.0 Å². The summed E-state index contributed by atoms with van der Waals surface area (Å²) in [6.45, 7) is 0.537. The van der Waals surface area contributed by atoms with Gasteiger partial charge in [0, 0.05) is 12.2 Å². The van der Waals surface area contributed by atoms with E-state index in [1.807, 2.05) is 6.07 Å². The third kappa shape index (κ3) is 5.95. The van der Waals surface area contributed by atoms with Gasteiger partial charge in [0.1, 0.15) is 5.15 Å². The van der Waals surface area contributed by atoms with Crippen molar-refractivity contribution in [3.8, 4) is 0 Å². The van der Waals surface area contributed by atoms with E-state index in [1.165, 1.54) is 32.1 Å². The molecule has 0 unspecified atom stereocenters. The number of guanidine groups is 1. The van der Waals surface area contributed by atoms with Crippen LogP contribution >= 0.6 is 35.6 Å². The van der Waals surface area contributed by atoms with Crippen LogP contribution in [0.25, 0.3) is 0 Å². The molecule has 6 heteroatoms. The Morgan fingerprint density at radius 2 is 2.11 bits per heavy atom. The van der Waals surface area contributed by atoms with Crippen molar-refractivity contribution in [2.75, 3.05) is 0 Å². The van der Waals surface area contributed by atoms with E-state index in [-0.39, 0.29) is 24.0 Å². The Morgan fingerprint density at radius 1 is 1.37 bits per heavy atom. The highest BCUT2D eigenvalue weighted by Gasteiger charge is 2.13. The molecule has 0 aromatic carbocycles. The molecule has 1 aromatic heterocycles. The van der Waals surface area contributed by atoms with Crippen LogP contribution in [0.15, 0.2) is 23.3 Å². The monoisotopic (exact) mass is 394 g/mol. The summed E-state index contributed by atoms with van der Waals surface area (Å²) in [5.41, 5.74) is 6.88. The van der Waals surface area contributed by atoms with E-state index in [2.05, 4.69) is 15.3 Å². The van der Waals surface area contributed by atoms with Crippen molar-refractivity contribution in [1.29, 1.82) is 0 Å². The fraction of sp³-hybridized carbons (Fsp3) is 0.538. The summed E-state index contributed by atoms with van der Waals surface area (Å²) < 4.78 is 0. The van der Waals surface area contributed by atoms with Gasteiger partial charge >= 0.3 is 0 Å². The lowest BCUT2D eigenvalue weighted by Gasteiger charge is -2.23. The van der Waals surface area contributed by atoms with Crippen molar-refractivity contribution in [3.63, 3.8) is 0 Å². The first kappa shape index (κ1) is 16.5. The quantitative estimate of drug-likeness (QED) is 0.358. The summed E-state index contributed by atoms with van der Waals surface area (Å²) in [4.78, 5) is 8.33. The second-order valence-corrected chi connectivity index (χ2v) is 5.06. The Bertz CT molecular complexity index is 402. The number of aliphatic imine (C=N–C) groups is 1. The van der Waals surface area contributed by atoms with Gasteiger partial charge in [-0.05, 0) is 24.5 Å². The van der Waals surface area contributed by atoms with Gasteiger partial charge in [-0.15, -0.1) is 24.0 Å². The van der Waals surface area contributed by atoms with Crippen molar-refractivity contribution < 1.29 is 0 Å². The maximum absolute atomic E-state index is 5.87. The molecule has 0 atom stereocenters. The van der Waals surface area contributed by atoms with Gasteiger partial charge in [-0.1, -0.05) is 36.9 Å². The lowest BCUT2D eigenvalue weighted by molar-refractivity contribution is 0.412. The van der Waals surface area contributed by atoms with E-state index in [1.54, 1.807) is 12.3 Å². The fourth-order valence-corrected chi connectivity index (χ4v) is 2.29. The van der Waals surface area contributed by atoms with E-state index < -0.39 is 0 Å². The molecule has 0 amide bonds. The minimum absolute atomic E-state index is 0. The van der Waals surface area contributed by atoms with Gasteiger partial charge in [0.25, 0.3) is 0 Å². The molecule has 1 aromatic rings. The van der Waals surface area contributed by atoms with Crippen LogP contribution in [0.3, 0.4) is 0 Å². The molecule has 2 rings (SSSR count). The highest BCUT2D eigenvalue weighted by Crippen LogP contribution is 2.17. The van der Waals surface area contributed by atoms with Crippen LogP contribution in [0, 0.1) is 0 Å². The summed E-state index contributed by atoms with van der Waals surface area (Å²) in [5.74, 6) is 0.525. The Kier molecular flexibility index (Phi) is 7.45. The van der Waals surface area contributed by atoms with E-state index in [4.69, 9.17) is 17.3 Å². The summed E-state index contributed by atoms with van der Waals surface area (Å²) in [6.07, 6.45) is 8.01. The van der Waals surface area contributed by atoms with Gasteiger partial charge < -0.3 is 11.1 Å². The van der Waals surface area contributed by atoms with Gasteiger partial charge in [0.05, 0.1) is 6.54 Å². The highest BCUT2D eigenvalue weighted by molar-refractivity contribution is 14.0. The minimum Gasteiger partial charge on any atom is -0.370 e. The molecule has 0 saturated heterocycles. The summed E-state index contributed by atoms with van der Waals surface area (Å²) in [5, 5.41) is 3.78. The molecule has 0 aliphatic heterocycles. The van der Waals surface area contributed by atoms with Crippen LogP contribution in [0.4, 0.5) is 0 Å². The van der Waals surface area contributed by atoms with E-state index in [9.17, 15) is 0 Å². The van der Waals surface area contributed by atoms with Crippen LogP contribution < -0.4 is 11.1 Å². The molecular formula is C13H20ClIN4. The summed E-state index contributed by atoms with van der Waals surface area (Å²) in [7, 11) is 0. The van der Waals surface area contributed by atoms with Gasteiger partial charge in [-0.3, -0.25) is 0 Å². The molecule has 0 spiro atoms. The van der Waals surface area contributed by atoms with Crippen molar-refractivity contribution in [1.82, 2.24) is 10.3 Å². The number of nitrogens with one attached hydrogen (secondary N) is 1. The number of hydrogen-bond acceptors (Lipinski definition) is 2. The van der Waals surface area contributed by atoms with Crippen LogP contribution in [-0.2, 0) is 6.54 Å². The van der Waals surface area contributed by atoms with Crippen LogP contribution in [0.5, 0.6) is 0 Å². The number of pyridine rings is 1. The molecule has 1 heterocycles. The van der Waals surface area contributed by atoms with Crippen LogP contribution in [0.2, 0.25) is 5.15 Å². The summed E-state index contributed by atoms with van der Waals surface area (Å²) >= 11 is 5.72. The lowest BCUT2D eigenvalue weighted by Crippen LogP contribution is -2.41. The molecule has 4 nitrogen and oxygen atoms in total. The molecule has 0 bridgehead atoms. The van der Waals surface area contributed by atoms with Gasteiger partial charge in [0.2, 0.25) is 0 Å². The largest absolute Gasteiger partial charge is 0.370 e. The van der Waals surface area contributed by atoms with E-state index in [0.717, 1.165) is 5.56 Å². The zero-order valence-corrected chi connectivity index (χ0v) is 13.9. The summed E-state index contributed by atoms with van der Waals surface area (Å²) in [6, 6.07) is 4.16. The number of hydrogen-bond donors (Lipinski definition) is 2. The Morgan fingerprint density at radius 3 is 2.74 bits per heavy atom. The predicted molar refractivity (Wildman–Crippen MR) is 90.0 cm³/mol. The van der Waals surface area contributed by atoms with E-state index >= 15 is 0 Å². The third-order valence-corrected chi connectivity index (χ3v) is 3.40. The van der Waals surface area contributed by atoms with E-state index in [0.29, 0.717) is 23.7 Å². The molecule has 106 valence electrons. The molecule has 0 radical (unpaired) electrons. The second-order valence-electron chi connectivity index (χ2n) is 4.67. The minimum atomic E-state index is 0. The average Bonchev–Trinajstić information content (AvgIpc) is 2.39. The topological polar surface area (TPSA) is 63.3 Å². The normalized spacial score (nSPS) is 16.8. The standard InChI is InChI=1S/C13H19ClN4.HI/c14-12-7-6-10(8-16-12)9-17-13(15)18-11-4-2-1-3-5-11;/h6-8,11H,1-5,9H2,(H3,15,17,18);1H. The first-order chi connectivity index (χ1) is 8.74. The maximum Gasteiger partial charge on any atom is 0.189 e. The smallest absolute Gasteiger partial charge is 0.189 e. The molecule has 1 fully saturated rings. The van der Waals surface area contributed by atoms with Gasteiger partial charge in [0.15, 0.2) is 5.96 Å². The van der Waals surface area contributed by atoms with Crippen molar-refractivity contribution in [2.24, 2.45) is 10.7 Å². The Labute approximate surface area is 136 Å². The number of halogens is 2. The SMILES string of the molecule is I.NC(=NCc1ccc(Cl)nc1)NC1CCCCC1. The number of aromatic nitrogens is 1. The maximum atomic E-state index is 5.87.